The van der Waals surface area contributed by atoms with Gasteiger partial charge in [0.25, 0.3) is 0 Å². The second-order valence-corrected chi connectivity index (χ2v) is 8.27. The van der Waals surface area contributed by atoms with Gasteiger partial charge in [-0.2, -0.15) is 0 Å². The summed E-state index contributed by atoms with van der Waals surface area (Å²) >= 11 is 1.19. The topological polar surface area (TPSA) is 71.0 Å². The Balaban J connectivity index is 1.79. The van der Waals surface area contributed by atoms with Gasteiger partial charge in [-0.25, -0.2) is 13.8 Å². The second kappa shape index (κ2) is 10.0. The van der Waals surface area contributed by atoms with E-state index in [1.54, 1.807) is 0 Å². The molecular weight excluding hydrogens is 424 g/mol. The second-order valence-electron chi connectivity index (χ2n) is 7.10. The summed E-state index contributed by atoms with van der Waals surface area (Å²) in [5.41, 5.74) is 2.58. The van der Waals surface area contributed by atoms with Crippen LogP contribution in [0.15, 0.2) is 41.4 Å². The average Bonchev–Trinajstić information content (AvgIpc) is 2.99. The van der Waals surface area contributed by atoms with Gasteiger partial charge in [0, 0.05) is 19.6 Å². The maximum absolute atomic E-state index is 13.8. The summed E-state index contributed by atoms with van der Waals surface area (Å²) < 4.78 is 32.0. The number of para-hydroxylation sites is 1. The minimum atomic E-state index is -0.877. The fourth-order valence-electron chi connectivity index (χ4n) is 3.15. The van der Waals surface area contributed by atoms with Crippen molar-refractivity contribution in [3.63, 3.8) is 0 Å². The quantitative estimate of drug-likeness (QED) is 0.691. The zero-order chi connectivity index (χ0) is 22.5. The fourth-order valence-corrected chi connectivity index (χ4v) is 4.32. The molecule has 0 radical (unpaired) electrons. The van der Waals surface area contributed by atoms with E-state index in [1.165, 1.54) is 23.8 Å². The molecule has 1 N–H and O–H groups in total. The zero-order valence-electron chi connectivity index (χ0n) is 17.4. The van der Waals surface area contributed by atoms with Crippen LogP contribution < -0.4 is 5.32 Å². The van der Waals surface area contributed by atoms with E-state index in [9.17, 15) is 18.4 Å². The number of halogens is 2. The number of aliphatic imine (C=N–C) groups is 1. The molecule has 1 unspecified atom stereocenters. The first-order chi connectivity index (χ1) is 14.8. The number of ether oxygens (including phenoxy) is 1. The number of carbonyl (C=O) groups is 2. The summed E-state index contributed by atoms with van der Waals surface area (Å²) in [5, 5.41) is 2.18. The van der Waals surface area contributed by atoms with E-state index in [0.29, 0.717) is 24.4 Å². The molecule has 0 spiro atoms. The van der Waals surface area contributed by atoms with Crippen LogP contribution >= 0.6 is 11.8 Å². The molecule has 0 aliphatic carbocycles. The molecule has 1 aliphatic rings. The molecule has 1 saturated heterocycles. The Morgan fingerprint density at radius 2 is 1.94 bits per heavy atom. The van der Waals surface area contributed by atoms with Gasteiger partial charge in [-0.05, 0) is 37.1 Å². The molecule has 2 aromatic carbocycles. The van der Waals surface area contributed by atoms with Gasteiger partial charge >= 0.3 is 0 Å². The SMILES string of the molecule is COCCN1C(=O)C(CC(=O)Nc2ccc(F)cc2F)SC1=Nc1c(C)cccc1C. The van der Waals surface area contributed by atoms with Crippen molar-refractivity contribution in [1.82, 2.24) is 4.90 Å². The number of hydrogen-bond donors (Lipinski definition) is 1. The number of nitrogens with one attached hydrogen (secondary N) is 1. The molecule has 1 heterocycles. The summed E-state index contributed by atoms with van der Waals surface area (Å²) in [6.45, 7) is 4.50. The van der Waals surface area contributed by atoms with Crippen molar-refractivity contribution in [3.05, 3.63) is 59.2 Å². The number of amidine groups is 1. The van der Waals surface area contributed by atoms with Crippen molar-refractivity contribution in [1.29, 1.82) is 0 Å². The lowest BCUT2D eigenvalue weighted by molar-refractivity contribution is -0.128. The zero-order valence-corrected chi connectivity index (χ0v) is 18.3. The molecule has 6 nitrogen and oxygen atoms in total. The number of hydrogen-bond acceptors (Lipinski definition) is 5. The van der Waals surface area contributed by atoms with E-state index in [4.69, 9.17) is 9.73 Å². The Bertz CT molecular complexity index is 1010. The van der Waals surface area contributed by atoms with Gasteiger partial charge in [0.2, 0.25) is 11.8 Å². The van der Waals surface area contributed by atoms with Gasteiger partial charge in [0.05, 0.1) is 24.5 Å². The number of benzene rings is 2. The summed E-state index contributed by atoms with van der Waals surface area (Å²) in [6.07, 6.45) is -0.171. The molecule has 1 atom stereocenters. The normalized spacial score (nSPS) is 17.5. The van der Waals surface area contributed by atoms with E-state index >= 15 is 0 Å². The number of aryl methyl sites for hydroxylation is 2. The van der Waals surface area contributed by atoms with Gasteiger partial charge < -0.3 is 10.1 Å². The van der Waals surface area contributed by atoms with Crippen LogP contribution in [0.25, 0.3) is 0 Å². The van der Waals surface area contributed by atoms with Crippen LogP contribution in [-0.2, 0) is 14.3 Å². The monoisotopic (exact) mass is 447 g/mol. The van der Waals surface area contributed by atoms with Crippen molar-refractivity contribution >= 4 is 40.1 Å². The van der Waals surface area contributed by atoms with E-state index in [1.807, 2.05) is 32.0 Å². The molecule has 9 heteroatoms. The predicted octanol–water partition coefficient (Wildman–Crippen LogP) is 4.19. The number of amides is 2. The molecule has 0 aromatic heterocycles. The molecule has 2 amide bonds. The van der Waals surface area contributed by atoms with Crippen molar-refractivity contribution in [2.24, 2.45) is 4.99 Å². The van der Waals surface area contributed by atoms with Crippen LogP contribution in [0.3, 0.4) is 0 Å². The van der Waals surface area contributed by atoms with Crippen LogP contribution in [-0.4, -0.2) is 47.4 Å². The summed E-state index contributed by atoms with van der Waals surface area (Å²) in [5.74, 6) is -2.42. The Kier molecular flexibility index (Phi) is 7.40. The van der Waals surface area contributed by atoms with Crippen molar-refractivity contribution in [2.75, 3.05) is 25.6 Å². The van der Waals surface area contributed by atoms with Crippen LogP contribution in [0, 0.1) is 25.5 Å². The van der Waals surface area contributed by atoms with Gasteiger partial charge in [0.15, 0.2) is 5.17 Å². The van der Waals surface area contributed by atoms with Gasteiger partial charge in [0.1, 0.15) is 16.9 Å². The first kappa shape index (κ1) is 22.9. The maximum atomic E-state index is 13.8. The Morgan fingerprint density at radius 1 is 1.23 bits per heavy atom. The summed E-state index contributed by atoms with van der Waals surface area (Å²) in [4.78, 5) is 31.6. The molecule has 31 heavy (non-hydrogen) atoms. The van der Waals surface area contributed by atoms with E-state index < -0.39 is 22.8 Å². The molecule has 1 aliphatic heterocycles. The first-order valence-corrected chi connectivity index (χ1v) is 10.5. The summed E-state index contributed by atoms with van der Waals surface area (Å²) in [6, 6.07) is 8.70. The van der Waals surface area contributed by atoms with Gasteiger partial charge in [-0.3, -0.25) is 14.5 Å². The number of rotatable bonds is 7. The van der Waals surface area contributed by atoms with Crippen LogP contribution in [0.5, 0.6) is 0 Å². The number of carbonyl (C=O) groups excluding carboxylic acids is 2. The van der Waals surface area contributed by atoms with Gasteiger partial charge in [-0.15, -0.1) is 0 Å². The fraction of sp³-hybridized carbons (Fsp3) is 0.318. The van der Waals surface area contributed by atoms with E-state index in [0.717, 1.165) is 28.9 Å². The largest absolute Gasteiger partial charge is 0.383 e. The highest BCUT2D eigenvalue weighted by Crippen LogP contribution is 2.33. The Labute approximate surface area is 183 Å². The lowest BCUT2D eigenvalue weighted by atomic mass is 10.1. The number of thioether (sulfide) groups is 1. The molecule has 164 valence electrons. The molecular formula is C22H23F2N3O3S. The highest BCUT2D eigenvalue weighted by molar-refractivity contribution is 8.15. The molecule has 0 saturated carbocycles. The number of methoxy groups -OCH3 is 1. The minimum absolute atomic E-state index is 0.137. The molecule has 3 rings (SSSR count). The van der Waals surface area contributed by atoms with E-state index in [-0.39, 0.29) is 18.0 Å². The van der Waals surface area contributed by atoms with Crippen LogP contribution in [0.4, 0.5) is 20.2 Å². The Hall–Kier alpha value is -2.78. The molecule has 0 bridgehead atoms. The lowest BCUT2D eigenvalue weighted by Gasteiger charge is -2.16. The number of nitrogens with zero attached hydrogens (tertiary/aromatic N) is 2. The molecule has 1 fully saturated rings. The average molecular weight is 448 g/mol. The third-order valence-corrected chi connectivity index (χ3v) is 5.94. The highest BCUT2D eigenvalue weighted by atomic mass is 32.2. The third kappa shape index (κ3) is 5.48. The standard InChI is InChI=1S/C22H23F2N3O3S/c1-13-5-4-6-14(2)20(13)26-22-27(9-10-30-3)21(29)18(31-22)12-19(28)25-17-8-7-15(23)11-16(17)24/h4-8,11,18H,9-10,12H2,1-3H3,(H,25,28). The highest BCUT2D eigenvalue weighted by Gasteiger charge is 2.39. The van der Waals surface area contributed by atoms with E-state index in [2.05, 4.69) is 5.32 Å². The lowest BCUT2D eigenvalue weighted by Crippen LogP contribution is -2.35. The van der Waals surface area contributed by atoms with Crippen molar-refractivity contribution in [2.45, 2.75) is 25.5 Å². The number of anilines is 1. The van der Waals surface area contributed by atoms with Crippen LogP contribution in [0.2, 0.25) is 0 Å². The van der Waals surface area contributed by atoms with Crippen molar-refractivity contribution < 1.29 is 23.1 Å². The summed E-state index contributed by atoms with van der Waals surface area (Å²) in [7, 11) is 1.54. The third-order valence-electron chi connectivity index (χ3n) is 4.76. The predicted molar refractivity (Wildman–Crippen MR) is 118 cm³/mol. The van der Waals surface area contributed by atoms with Crippen molar-refractivity contribution in [3.8, 4) is 0 Å². The maximum Gasteiger partial charge on any atom is 0.242 e. The minimum Gasteiger partial charge on any atom is -0.383 e. The molecule has 2 aromatic rings. The first-order valence-electron chi connectivity index (χ1n) is 9.67. The van der Waals surface area contributed by atoms with Gasteiger partial charge in [-0.1, -0.05) is 30.0 Å². The van der Waals surface area contributed by atoms with Crippen LogP contribution in [0.1, 0.15) is 17.5 Å². The Morgan fingerprint density at radius 3 is 2.58 bits per heavy atom. The smallest absolute Gasteiger partial charge is 0.242 e.